The van der Waals surface area contributed by atoms with Crippen LogP contribution >= 0.6 is 11.6 Å². The first-order valence-corrected chi connectivity index (χ1v) is 10.8. The first-order chi connectivity index (χ1) is 14.6. The zero-order valence-corrected chi connectivity index (χ0v) is 17.6. The molecule has 5 rings (SSSR count). The van der Waals surface area contributed by atoms with Crippen LogP contribution in [0.2, 0.25) is 5.02 Å². The van der Waals surface area contributed by atoms with Crippen LogP contribution in [0.4, 0.5) is 0 Å². The van der Waals surface area contributed by atoms with E-state index in [2.05, 4.69) is 10.1 Å². The highest BCUT2D eigenvalue weighted by atomic mass is 35.5. The lowest BCUT2D eigenvalue weighted by Crippen LogP contribution is -2.39. The van der Waals surface area contributed by atoms with Gasteiger partial charge >= 0.3 is 0 Å². The maximum atomic E-state index is 13.1. The largest absolute Gasteiger partial charge is 0.356 e. The van der Waals surface area contributed by atoms with Crippen molar-refractivity contribution in [3.05, 3.63) is 64.3 Å². The lowest BCUT2D eigenvalue weighted by molar-refractivity contribution is 0.0706. The van der Waals surface area contributed by atoms with E-state index in [-0.39, 0.29) is 11.8 Å². The van der Waals surface area contributed by atoms with Gasteiger partial charge in [-0.05, 0) is 56.9 Å². The van der Waals surface area contributed by atoms with E-state index in [9.17, 15) is 4.79 Å². The maximum absolute atomic E-state index is 13.1. The van der Waals surface area contributed by atoms with Crippen LogP contribution in [-0.2, 0) is 0 Å². The van der Waals surface area contributed by atoms with Gasteiger partial charge in [0.05, 0.1) is 17.0 Å². The number of piperidine rings is 1. The van der Waals surface area contributed by atoms with Crippen LogP contribution in [0.5, 0.6) is 0 Å². The van der Waals surface area contributed by atoms with Crippen LogP contribution in [0.15, 0.2) is 41.1 Å². The van der Waals surface area contributed by atoms with Gasteiger partial charge in [-0.3, -0.25) is 4.79 Å². The summed E-state index contributed by atoms with van der Waals surface area (Å²) < 4.78 is 5.53. The SMILES string of the molecule is Cc1cc(-c2cnc(C3CC3)nc2C2CCCN(C(=O)c3ccc(Cl)cc3)C2)on1. The molecule has 1 amide bonds. The number of carbonyl (C=O) groups excluding carboxylic acids is 1. The molecule has 1 aliphatic carbocycles. The van der Waals surface area contributed by atoms with Crippen molar-refractivity contribution < 1.29 is 9.32 Å². The number of rotatable bonds is 4. The summed E-state index contributed by atoms with van der Waals surface area (Å²) in [4.78, 5) is 24.5. The molecule has 0 spiro atoms. The molecule has 7 heteroatoms. The summed E-state index contributed by atoms with van der Waals surface area (Å²) in [6.07, 6.45) is 6.07. The van der Waals surface area contributed by atoms with Gasteiger partial charge in [-0.2, -0.15) is 0 Å². The molecule has 154 valence electrons. The van der Waals surface area contributed by atoms with E-state index in [1.165, 1.54) is 0 Å². The first kappa shape index (κ1) is 19.2. The Labute approximate surface area is 180 Å². The summed E-state index contributed by atoms with van der Waals surface area (Å²) in [6, 6.07) is 9.00. The number of halogens is 1. The third kappa shape index (κ3) is 3.84. The maximum Gasteiger partial charge on any atom is 0.253 e. The third-order valence-electron chi connectivity index (χ3n) is 5.86. The van der Waals surface area contributed by atoms with E-state index >= 15 is 0 Å². The van der Waals surface area contributed by atoms with Crippen molar-refractivity contribution in [1.82, 2.24) is 20.0 Å². The van der Waals surface area contributed by atoms with Crippen LogP contribution in [0, 0.1) is 6.92 Å². The number of amides is 1. The van der Waals surface area contributed by atoms with Gasteiger partial charge in [-0.15, -0.1) is 0 Å². The quantitative estimate of drug-likeness (QED) is 0.592. The summed E-state index contributed by atoms with van der Waals surface area (Å²) >= 11 is 5.98. The summed E-state index contributed by atoms with van der Waals surface area (Å²) in [6.45, 7) is 3.27. The highest BCUT2D eigenvalue weighted by Crippen LogP contribution is 2.40. The molecular formula is C23H23ClN4O2. The van der Waals surface area contributed by atoms with E-state index in [0.717, 1.165) is 55.0 Å². The van der Waals surface area contributed by atoms with Crippen LogP contribution in [-0.4, -0.2) is 39.0 Å². The molecule has 1 unspecified atom stereocenters. The van der Waals surface area contributed by atoms with Gasteiger partial charge in [-0.25, -0.2) is 9.97 Å². The number of carbonyl (C=O) groups is 1. The molecule has 1 saturated carbocycles. The average molecular weight is 423 g/mol. The standard InChI is InChI=1S/C23H23ClN4O2/c1-14-11-20(30-27-14)19-12-25-22(15-4-5-15)26-21(19)17-3-2-10-28(13-17)23(29)16-6-8-18(24)9-7-16/h6-9,11-12,15,17H,2-5,10,13H2,1H3. The van der Waals surface area contributed by atoms with Crippen molar-refractivity contribution in [2.45, 2.75) is 44.4 Å². The third-order valence-corrected chi connectivity index (χ3v) is 6.11. The second-order valence-corrected chi connectivity index (χ2v) is 8.67. The number of likely N-dealkylation sites (tertiary alicyclic amines) is 1. The fourth-order valence-electron chi connectivity index (χ4n) is 4.10. The lowest BCUT2D eigenvalue weighted by atomic mass is 9.90. The van der Waals surface area contributed by atoms with Gasteiger partial charge in [0.2, 0.25) is 0 Å². The average Bonchev–Trinajstić information content (AvgIpc) is 3.54. The zero-order chi connectivity index (χ0) is 20.7. The Morgan fingerprint density at radius 3 is 2.67 bits per heavy atom. The van der Waals surface area contributed by atoms with Crippen molar-refractivity contribution >= 4 is 17.5 Å². The molecule has 2 aliphatic rings. The highest BCUT2D eigenvalue weighted by molar-refractivity contribution is 6.30. The number of nitrogens with zero attached hydrogens (tertiary/aromatic N) is 4. The Hall–Kier alpha value is -2.73. The van der Waals surface area contributed by atoms with Gasteiger partial charge in [0.15, 0.2) is 5.76 Å². The van der Waals surface area contributed by atoms with Crippen molar-refractivity contribution in [3.8, 4) is 11.3 Å². The van der Waals surface area contributed by atoms with Crippen LogP contribution in [0.3, 0.4) is 0 Å². The number of hydrogen-bond acceptors (Lipinski definition) is 5. The molecule has 3 heterocycles. The first-order valence-electron chi connectivity index (χ1n) is 10.4. The Kier molecular flexibility index (Phi) is 5.03. The Morgan fingerprint density at radius 1 is 1.17 bits per heavy atom. The normalized spacial score (nSPS) is 19.1. The number of hydrogen-bond donors (Lipinski definition) is 0. The van der Waals surface area contributed by atoms with Crippen molar-refractivity contribution in [2.75, 3.05) is 13.1 Å². The number of aromatic nitrogens is 3. The molecule has 1 aromatic carbocycles. The van der Waals surface area contributed by atoms with Crippen LogP contribution < -0.4 is 0 Å². The molecule has 0 radical (unpaired) electrons. The highest BCUT2D eigenvalue weighted by Gasteiger charge is 2.32. The van der Waals surface area contributed by atoms with Crippen LogP contribution in [0.25, 0.3) is 11.3 Å². The molecule has 0 N–H and O–H groups in total. The molecule has 2 aromatic heterocycles. The van der Waals surface area contributed by atoms with E-state index < -0.39 is 0 Å². The number of aryl methyl sites for hydroxylation is 1. The zero-order valence-electron chi connectivity index (χ0n) is 16.8. The van der Waals surface area contributed by atoms with Crippen molar-refractivity contribution in [2.24, 2.45) is 0 Å². The molecule has 0 bridgehead atoms. The van der Waals surface area contributed by atoms with E-state index in [4.69, 9.17) is 21.1 Å². The molecule has 1 atom stereocenters. The van der Waals surface area contributed by atoms with Gasteiger partial charge in [0.1, 0.15) is 5.82 Å². The monoisotopic (exact) mass is 422 g/mol. The molecule has 30 heavy (non-hydrogen) atoms. The Bertz CT molecular complexity index is 1080. The van der Waals surface area contributed by atoms with Gasteiger partial charge in [0.25, 0.3) is 5.91 Å². The van der Waals surface area contributed by atoms with E-state index in [1.807, 2.05) is 24.1 Å². The summed E-state index contributed by atoms with van der Waals surface area (Å²) in [5, 5.41) is 4.66. The van der Waals surface area contributed by atoms with Crippen molar-refractivity contribution in [1.29, 1.82) is 0 Å². The second-order valence-electron chi connectivity index (χ2n) is 8.23. The van der Waals surface area contributed by atoms with Crippen molar-refractivity contribution in [3.63, 3.8) is 0 Å². The Balaban J connectivity index is 1.45. The van der Waals surface area contributed by atoms with Gasteiger partial charge in [0, 0.05) is 47.8 Å². The van der Waals surface area contributed by atoms with E-state index in [0.29, 0.717) is 28.8 Å². The van der Waals surface area contributed by atoms with Gasteiger partial charge in [-0.1, -0.05) is 16.8 Å². The minimum atomic E-state index is 0.0323. The summed E-state index contributed by atoms with van der Waals surface area (Å²) in [5.74, 6) is 2.22. The summed E-state index contributed by atoms with van der Waals surface area (Å²) in [5.41, 5.74) is 3.33. The fraction of sp³-hybridized carbons (Fsp3) is 0.391. The molecule has 1 aliphatic heterocycles. The molecule has 3 aromatic rings. The fourth-order valence-corrected chi connectivity index (χ4v) is 4.22. The molecule has 6 nitrogen and oxygen atoms in total. The minimum Gasteiger partial charge on any atom is -0.356 e. The predicted octanol–water partition coefficient (Wildman–Crippen LogP) is 4.99. The number of benzene rings is 1. The Morgan fingerprint density at radius 2 is 1.97 bits per heavy atom. The van der Waals surface area contributed by atoms with E-state index in [1.54, 1.807) is 24.3 Å². The summed E-state index contributed by atoms with van der Waals surface area (Å²) in [7, 11) is 0. The molecule has 1 saturated heterocycles. The minimum absolute atomic E-state index is 0.0323. The lowest BCUT2D eigenvalue weighted by Gasteiger charge is -2.33. The molecular weight excluding hydrogens is 400 g/mol. The topological polar surface area (TPSA) is 72.1 Å². The van der Waals surface area contributed by atoms with Crippen LogP contribution in [0.1, 0.15) is 65.1 Å². The van der Waals surface area contributed by atoms with Gasteiger partial charge < -0.3 is 9.42 Å². The predicted molar refractivity (Wildman–Crippen MR) is 114 cm³/mol. The smallest absolute Gasteiger partial charge is 0.253 e. The molecule has 2 fully saturated rings. The second kappa shape index (κ2) is 7.84.